The van der Waals surface area contributed by atoms with Gasteiger partial charge in [-0.3, -0.25) is 4.79 Å². The Bertz CT molecular complexity index is 468. The molecule has 0 saturated carbocycles. The van der Waals surface area contributed by atoms with Crippen molar-refractivity contribution < 1.29 is 13.9 Å². The first-order chi connectivity index (χ1) is 8.63. The monoisotopic (exact) mass is 288 g/mol. The third-order valence-corrected chi connectivity index (χ3v) is 3.19. The molecule has 0 saturated heterocycles. The van der Waals surface area contributed by atoms with Crippen molar-refractivity contribution in [2.24, 2.45) is 0 Å². The van der Waals surface area contributed by atoms with Crippen LogP contribution in [-0.4, -0.2) is 25.7 Å². The van der Waals surface area contributed by atoms with E-state index in [1.165, 1.54) is 7.11 Å². The molecule has 1 amide bonds. The minimum absolute atomic E-state index is 0. The van der Waals surface area contributed by atoms with E-state index in [1.807, 2.05) is 6.07 Å². The van der Waals surface area contributed by atoms with Gasteiger partial charge in [-0.2, -0.15) is 0 Å². The molecule has 1 atom stereocenters. The van der Waals surface area contributed by atoms with Gasteiger partial charge in [0.2, 0.25) is 0 Å². The highest BCUT2D eigenvalue weighted by molar-refractivity contribution is 5.94. The summed E-state index contributed by atoms with van der Waals surface area (Å²) in [4.78, 5) is 11.6. The van der Waals surface area contributed by atoms with Crippen LogP contribution in [0.5, 0.6) is 0 Å². The Hall–Kier alpha value is -1.17. The van der Waals surface area contributed by atoms with Crippen LogP contribution >= 0.6 is 12.4 Å². The summed E-state index contributed by atoms with van der Waals surface area (Å²) in [6.45, 7) is 3.06. The number of ether oxygens (including phenoxy) is 1. The maximum absolute atomic E-state index is 14.2. The maximum Gasteiger partial charge on any atom is 0.253 e. The summed E-state index contributed by atoms with van der Waals surface area (Å²) in [5, 5.41) is 5.73. The van der Waals surface area contributed by atoms with Crippen LogP contribution in [-0.2, 0) is 22.5 Å². The second-order valence-electron chi connectivity index (χ2n) is 4.36. The molecule has 0 aliphatic carbocycles. The van der Waals surface area contributed by atoms with Crippen molar-refractivity contribution in [3.05, 3.63) is 29.1 Å². The Kier molecular flexibility index (Phi) is 5.72. The van der Waals surface area contributed by atoms with Gasteiger partial charge in [-0.1, -0.05) is 6.07 Å². The van der Waals surface area contributed by atoms with E-state index in [9.17, 15) is 9.18 Å². The van der Waals surface area contributed by atoms with E-state index in [1.54, 1.807) is 13.0 Å². The van der Waals surface area contributed by atoms with Crippen molar-refractivity contribution in [1.82, 2.24) is 5.32 Å². The van der Waals surface area contributed by atoms with Crippen molar-refractivity contribution in [3.8, 4) is 0 Å². The molecule has 19 heavy (non-hydrogen) atoms. The Morgan fingerprint density at radius 1 is 1.53 bits per heavy atom. The molecule has 6 heteroatoms. The molecular weight excluding hydrogens is 271 g/mol. The quantitative estimate of drug-likeness (QED) is 0.893. The van der Waals surface area contributed by atoms with Crippen molar-refractivity contribution in [2.75, 3.05) is 19.0 Å². The molecule has 0 aromatic heterocycles. The third-order valence-electron chi connectivity index (χ3n) is 3.19. The van der Waals surface area contributed by atoms with Gasteiger partial charge in [-0.05, 0) is 37.1 Å². The number of methoxy groups -OCH3 is 1. The summed E-state index contributed by atoms with van der Waals surface area (Å²) in [6.07, 6.45) is 0.0483. The van der Waals surface area contributed by atoms with Crippen molar-refractivity contribution in [2.45, 2.75) is 26.0 Å². The minimum atomic E-state index is -0.595. The molecule has 2 rings (SSSR count). The highest BCUT2D eigenvalue weighted by Crippen LogP contribution is 2.24. The number of anilines is 1. The van der Waals surface area contributed by atoms with Crippen LogP contribution in [0.2, 0.25) is 0 Å². The SMILES string of the molecule is COC(C)C(=O)Nc1ccc2c(c1F)CCNC2.Cl. The first-order valence-electron chi connectivity index (χ1n) is 5.98. The number of hydrogen-bond acceptors (Lipinski definition) is 3. The molecule has 0 fully saturated rings. The van der Waals surface area contributed by atoms with Gasteiger partial charge < -0.3 is 15.4 Å². The number of carbonyl (C=O) groups is 1. The second kappa shape index (κ2) is 6.84. The van der Waals surface area contributed by atoms with Crippen LogP contribution in [0, 0.1) is 5.82 Å². The zero-order chi connectivity index (χ0) is 13.1. The van der Waals surface area contributed by atoms with Gasteiger partial charge in [0.15, 0.2) is 0 Å². The van der Waals surface area contributed by atoms with Gasteiger partial charge in [0.1, 0.15) is 11.9 Å². The lowest BCUT2D eigenvalue weighted by molar-refractivity contribution is -0.124. The third kappa shape index (κ3) is 3.43. The normalized spacial score (nSPS) is 15.1. The average Bonchev–Trinajstić information content (AvgIpc) is 2.41. The largest absolute Gasteiger partial charge is 0.372 e. The number of nitrogens with one attached hydrogen (secondary N) is 2. The van der Waals surface area contributed by atoms with Gasteiger partial charge in [0, 0.05) is 13.7 Å². The molecule has 2 N–H and O–H groups in total. The molecule has 0 radical (unpaired) electrons. The Morgan fingerprint density at radius 2 is 2.26 bits per heavy atom. The predicted molar refractivity (Wildman–Crippen MR) is 74.2 cm³/mol. The van der Waals surface area contributed by atoms with E-state index >= 15 is 0 Å². The van der Waals surface area contributed by atoms with E-state index in [2.05, 4.69) is 10.6 Å². The van der Waals surface area contributed by atoms with Crippen LogP contribution in [0.3, 0.4) is 0 Å². The molecule has 1 unspecified atom stereocenters. The first kappa shape index (κ1) is 15.9. The molecule has 0 spiro atoms. The van der Waals surface area contributed by atoms with Gasteiger partial charge in [-0.25, -0.2) is 4.39 Å². The van der Waals surface area contributed by atoms with Gasteiger partial charge in [-0.15, -0.1) is 12.4 Å². The van der Waals surface area contributed by atoms with Crippen LogP contribution < -0.4 is 10.6 Å². The van der Waals surface area contributed by atoms with Crippen molar-refractivity contribution >= 4 is 24.0 Å². The zero-order valence-electron chi connectivity index (χ0n) is 11.0. The van der Waals surface area contributed by atoms with E-state index in [0.717, 1.165) is 12.1 Å². The highest BCUT2D eigenvalue weighted by Gasteiger charge is 2.19. The number of rotatable bonds is 3. The summed E-state index contributed by atoms with van der Waals surface area (Å²) in [6, 6.07) is 3.44. The number of hydrogen-bond donors (Lipinski definition) is 2. The van der Waals surface area contributed by atoms with Crippen LogP contribution in [0.1, 0.15) is 18.1 Å². The molecule has 1 aromatic carbocycles. The minimum Gasteiger partial charge on any atom is -0.372 e. The standard InChI is InChI=1S/C13H17FN2O2.ClH/c1-8(18-2)13(17)16-11-4-3-9-7-15-6-5-10(9)12(11)14;/h3-4,8,15H,5-7H2,1-2H3,(H,16,17);1H. The van der Waals surface area contributed by atoms with Crippen LogP contribution in [0.4, 0.5) is 10.1 Å². The van der Waals surface area contributed by atoms with E-state index in [0.29, 0.717) is 18.5 Å². The van der Waals surface area contributed by atoms with E-state index in [-0.39, 0.29) is 29.8 Å². The van der Waals surface area contributed by atoms with Gasteiger partial charge in [0.05, 0.1) is 5.69 Å². The molecule has 106 valence electrons. The summed E-state index contributed by atoms with van der Waals surface area (Å²) >= 11 is 0. The number of halogens is 2. The lowest BCUT2D eigenvalue weighted by atomic mass is 9.99. The smallest absolute Gasteiger partial charge is 0.253 e. The molecule has 1 heterocycles. The summed E-state index contributed by atoms with van der Waals surface area (Å²) in [5.41, 5.74) is 1.87. The first-order valence-corrected chi connectivity index (χ1v) is 5.98. The van der Waals surface area contributed by atoms with E-state index in [4.69, 9.17) is 4.74 Å². The highest BCUT2D eigenvalue weighted by atomic mass is 35.5. The molecule has 1 aliphatic rings. The summed E-state index contributed by atoms with van der Waals surface area (Å²) in [7, 11) is 1.44. The molecule has 4 nitrogen and oxygen atoms in total. The topological polar surface area (TPSA) is 50.4 Å². The summed E-state index contributed by atoms with van der Waals surface area (Å²) < 4.78 is 19.1. The Morgan fingerprint density at radius 3 is 2.95 bits per heavy atom. The lowest BCUT2D eigenvalue weighted by Gasteiger charge is -2.20. The van der Waals surface area contributed by atoms with E-state index < -0.39 is 6.10 Å². The number of carbonyl (C=O) groups excluding carboxylic acids is 1. The number of fused-ring (bicyclic) bond motifs is 1. The van der Waals surface area contributed by atoms with Crippen molar-refractivity contribution in [1.29, 1.82) is 0 Å². The second-order valence-corrected chi connectivity index (χ2v) is 4.36. The zero-order valence-corrected chi connectivity index (χ0v) is 11.8. The predicted octanol–water partition coefficient (Wildman–Crippen LogP) is 1.87. The lowest BCUT2D eigenvalue weighted by Crippen LogP contribution is -2.28. The van der Waals surface area contributed by atoms with Crippen LogP contribution in [0.25, 0.3) is 0 Å². The molecule has 0 bridgehead atoms. The number of amides is 1. The Labute approximate surface area is 118 Å². The molecular formula is C13H18ClFN2O2. The molecule has 1 aromatic rings. The maximum atomic E-state index is 14.2. The number of benzene rings is 1. The average molecular weight is 289 g/mol. The summed E-state index contributed by atoms with van der Waals surface area (Å²) in [5.74, 6) is -0.670. The Balaban J connectivity index is 0.00000180. The van der Waals surface area contributed by atoms with Crippen molar-refractivity contribution in [3.63, 3.8) is 0 Å². The fourth-order valence-corrected chi connectivity index (χ4v) is 1.97. The molecule has 1 aliphatic heterocycles. The van der Waals surface area contributed by atoms with Gasteiger partial charge in [0.25, 0.3) is 5.91 Å². The fraction of sp³-hybridized carbons (Fsp3) is 0.462. The van der Waals surface area contributed by atoms with Crippen LogP contribution in [0.15, 0.2) is 12.1 Å². The fourth-order valence-electron chi connectivity index (χ4n) is 1.97. The van der Waals surface area contributed by atoms with Gasteiger partial charge >= 0.3 is 0 Å².